The van der Waals surface area contributed by atoms with Crippen LogP contribution >= 0.6 is 0 Å². The molecule has 0 aliphatic rings. The number of halogens is 3. The molecule has 0 heterocycles. The van der Waals surface area contributed by atoms with Gasteiger partial charge < -0.3 is 5.32 Å². The van der Waals surface area contributed by atoms with E-state index in [-0.39, 0.29) is 18.0 Å². The highest BCUT2D eigenvalue weighted by Gasteiger charge is 2.35. The lowest BCUT2D eigenvalue weighted by molar-refractivity contribution is -0.138. The Balaban J connectivity index is 3.02. The molecule has 1 aromatic rings. The van der Waals surface area contributed by atoms with E-state index < -0.39 is 23.1 Å². The third kappa shape index (κ3) is 4.22. The van der Waals surface area contributed by atoms with E-state index >= 15 is 0 Å². The minimum absolute atomic E-state index is 0.143. The summed E-state index contributed by atoms with van der Waals surface area (Å²) in [7, 11) is 0. The van der Waals surface area contributed by atoms with Gasteiger partial charge in [-0.15, -0.1) is 0 Å². The Hall–Kier alpha value is -2.03. The normalized spacial score (nSPS) is 13.4. The van der Waals surface area contributed by atoms with E-state index in [1.54, 1.807) is 20.8 Å². The number of benzene rings is 1. The van der Waals surface area contributed by atoms with Gasteiger partial charge in [0.25, 0.3) is 0 Å². The molecule has 1 aromatic carbocycles. The molecule has 114 valence electrons. The van der Waals surface area contributed by atoms with Gasteiger partial charge in [0.1, 0.15) is 0 Å². The first-order valence-corrected chi connectivity index (χ1v) is 6.44. The van der Waals surface area contributed by atoms with Crippen LogP contribution in [0.2, 0.25) is 0 Å². The molecule has 1 rings (SSSR count). The summed E-state index contributed by atoms with van der Waals surface area (Å²) >= 11 is 0. The fourth-order valence-electron chi connectivity index (χ4n) is 1.81. The van der Waals surface area contributed by atoms with Crippen LogP contribution in [0.4, 0.5) is 13.2 Å². The Kier molecular flexibility index (Phi) is 5.00. The Bertz CT molecular complexity index is 559. The fraction of sp³-hybridized carbons (Fsp3) is 0.467. The van der Waals surface area contributed by atoms with Crippen LogP contribution in [0.1, 0.15) is 38.3 Å². The number of nitrogens with one attached hydrogen (secondary N) is 1. The molecule has 0 saturated heterocycles. The van der Waals surface area contributed by atoms with Gasteiger partial charge in [0.15, 0.2) is 0 Å². The SMILES string of the molecule is CC(CC#N)NC(=O)C(C)(C)c1cccc(C(F)(F)F)c1. The number of nitriles is 1. The third-order valence-corrected chi connectivity index (χ3v) is 3.25. The maximum Gasteiger partial charge on any atom is 0.416 e. The van der Waals surface area contributed by atoms with Gasteiger partial charge in [-0.25, -0.2) is 0 Å². The molecule has 0 aliphatic carbocycles. The topological polar surface area (TPSA) is 52.9 Å². The number of carbonyl (C=O) groups excluding carboxylic acids is 1. The molecule has 0 radical (unpaired) electrons. The average Bonchev–Trinajstić information content (AvgIpc) is 2.38. The molecule has 0 aliphatic heterocycles. The highest BCUT2D eigenvalue weighted by Crippen LogP contribution is 2.32. The highest BCUT2D eigenvalue weighted by atomic mass is 19.4. The predicted molar refractivity (Wildman–Crippen MR) is 72.3 cm³/mol. The number of hydrogen-bond donors (Lipinski definition) is 1. The molecule has 1 amide bonds. The van der Waals surface area contributed by atoms with Gasteiger partial charge in [-0.3, -0.25) is 4.79 Å². The lowest BCUT2D eigenvalue weighted by atomic mass is 9.82. The largest absolute Gasteiger partial charge is 0.416 e. The summed E-state index contributed by atoms with van der Waals surface area (Å²) < 4.78 is 38.2. The van der Waals surface area contributed by atoms with Crippen LogP contribution in [0.5, 0.6) is 0 Å². The van der Waals surface area contributed by atoms with Crippen molar-refractivity contribution in [1.29, 1.82) is 5.26 Å². The highest BCUT2D eigenvalue weighted by molar-refractivity contribution is 5.87. The van der Waals surface area contributed by atoms with Crippen molar-refractivity contribution in [3.63, 3.8) is 0 Å². The van der Waals surface area contributed by atoms with Crippen molar-refractivity contribution < 1.29 is 18.0 Å². The molecule has 0 fully saturated rings. The first-order chi connectivity index (χ1) is 9.59. The zero-order valence-corrected chi connectivity index (χ0v) is 12.1. The Morgan fingerprint density at radius 3 is 2.43 bits per heavy atom. The van der Waals surface area contributed by atoms with Crippen molar-refractivity contribution in [3.05, 3.63) is 35.4 Å². The maximum atomic E-state index is 12.7. The van der Waals surface area contributed by atoms with E-state index in [4.69, 9.17) is 5.26 Å². The summed E-state index contributed by atoms with van der Waals surface area (Å²) in [6, 6.07) is 6.30. The van der Waals surface area contributed by atoms with Gasteiger partial charge in [-0.1, -0.05) is 18.2 Å². The number of nitrogens with zero attached hydrogens (tertiary/aromatic N) is 1. The molecular weight excluding hydrogens is 281 g/mol. The predicted octanol–water partition coefficient (Wildman–Crippen LogP) is 3.40. The third-order valence-electron chi connectivity index (χ3n) is 3.25. The Morgan fingerprint density at radius 2 is 1.90 bits per heavy atom. The lowest BCUT2D eigenvalue weighted by Gasteiger charge is -2.26. The maximum absolute atomic E-state index is 12.7. The van der Waals surface area contributed by atoms with Crippen molar-refractivity contribution in [2.75, 3.05) is 0 Å². The average molecular weight is 298 g/mol. The Morgan fingerprint density at radius 1 is 1.33 bits per heavy atom. The first-order valence-electron chi connectivity index (χ1n) is 6.44. The number of amides is 1. The van der Waals surface area contributed by atoms with Crippen molar-refractivity contribution in [3.8, 4) is 6.07 Å². The van der Waals surface area contributed by atoms with Crippen molar-refractivity contribution in [2.24, 2.45) is 0 Å². The lowest BCUT2D eigenvalue weighted by Crippen LogP contribution is -2.44. The summed E-state index contributed by atoms with van der Waals surface area (Å²) in [5.74, 6) is -0.412. The van der Waals surface area contributed by atoms with Gasteiger partial charge in [0.05, 0.1) is 23.5 Å². The summed E-state index contributed by atoms with van der Waals surface area (Å²) in [5, 5.41) is 11.2. The second-order valence-corrected chi connectivity index (χ2v) is 5.44. The molecule has 0 spiro atoms. The van der Waals surface area contributed by atoms with Crippen LogP contribution in [0.25, 0.3) is 0 Å². The van der Waals surface area contributed by atoms with Gasteiger partial charge in [0, 0.05) is 6.04 Å². The van der Waals surface area contributed by atoms with Crippen LogP contribution < -0.4 is 5.32 Å². The van der Waals surface area contributed by atoms with Gasteiger partial charge in [-0.05, 0) is 32.4 Å². The van der Waals surface area contributed by atoms with E-state index in [9.17, 15) is 18.0 Å². The number of hydrogen-bond acceptors (Lipinski definition) is 2. The van der Waals surface area contributed by atoms with Crippen molar-refractivity contribution in [2.45, 2.75) is 44.8 Å². The van der Waals surface area contributed by atoms with Crippen molar-refractivity contribution >= 4 is 5.91 Å². The smallest absolute Gasteiger partial charge is 0.352 e. The van der Waals surface area contributed by atoms with Crippen LogP contribution in [0.15, 0.2) is 24.3 Å². The fourth-order valence-corrected chi connectivity index (χ4v) is 1.81. The molecule has 3 nitrogen and oxygen atoms in total. The van der Waals surface area contributed by atoms with E-state index in [0.29, 0.717) is 0 Å². The molecule has 1 unspecified atom stereocenters. The summed E-state index contributed by atoms with van der Waals surface area (Å²) in [5.41, 5.74) is -1.63. The molecule has 0 bridgehead atoms. The second-order valence-electron chi connectivity index (χ2n) is 5.44. The minimum atomic E-state index is -4.45. The molecule has 21 heavy (non-hydrogen) atoms. The zero-order valence-electron chi connectivity index (χ0n) is 12.1. The number of rotatable bonds is 4. The van der Waals surface area contributed by atoms with Crippen LogP contribution in [0.3, 0.4) is 0 Å². The minimum Gasteiger partial charge on any atom is -0.352 e. The summed E-state index contributed by atoms with van der Waals surface area (Å²) in [4.78, 5) is 12.2. The zero-order chi connectivity index (χ0) is 16.3. The molecule has 0 saturated carbocycles. The molecular formula is C15H17F3N2O. The van der Waals surface area contributed by atoms with Crippen LogP contribution in [0, 0.1) is 11.3 Å². The van der Waals surface area contributed by atoms with Crippen molar-refractivity contribution in [1.82, 2.24) is 5.32 Å². The monoisotopic (exact) mass is 298 g/mol. The van der Waals surface area contributed by atoms with Gasteiger partial charge in [0.2, 0.25) is 5.91 Å². The van der Waals surface area contributed by atoms with E-state index in [2.05, 4.69) is 5.32 Å². The summed E-state index contributed by atoms with van der Waals surface area (Å²) in [6.45, 7) is 4.77. The van der Waals surface area contributed by atoms with E-state index in [0.717, 1.165) is 12.1 Å². The first kappa shape index (κ1) is 17.0. The molecule has 6 heteroatoms. The standard InChI is InChI=1S/C15H17F3N2O/c1-10(7-8-19)20-13(21)14(2,3)11-5-4-6-12(9-11)15(16,17)18/h4-6,9-10H,7H2,1-3H3,(H,20,21). The molecule has 1 N–H and O–H groups in total. The quantitative estimate of drug-likeness (QED) is 0.926. The van der Waals surface area contributed by atoms with Crippen LogP contribution in [-0.4, -0.2) is 11.9 Å². The Labute approximate surface area is 121 Å². The van der Waals surface area contributed by atoms with Gasteiger partial charge in [-0.2, -0.15) is 18.4 Å². The second kappa shape index (κ2) is 6.17. The number of alkyl halides is 3. The molecule has 1 atom stereocenters. The van der Waals surface area contributed by atoms with E-state index in [1.807, 2.05) is 6.07 Å². The number of carbonyl (C=O) groups is 1. The van der Waals surface area contributed by atoms with Gasteiger partial charge >= 0.3 is 6.18 Å². The summed E-state index contributed by atoms with van der Waals surface area (Å²) in [6.07, 6.45) is -4.30. The molecule has 0 aromatic heterocycles. The van der Waals surface area contributed by atoms with Crippen LogP contribution in [-0.2, 0) is 16.4 Å². The van der Waals surface area contributed by atoms with E-state index in [1.165, 1.54) is 12.1 Å².